The zero-order chi connectivity index (χ0) is 21.3. The monoisotopic (exact) mass is 424 g/mol. The summed E-state index contributed by atoms with van der Waals surface area (Å²) in [6.07, 6.45) is 7.33. The first-order valence-corrected chi connectivity index (χ1v) is 11.7. The fourth-order valence-corrected chi connectivity index (χ4v) is 4.49. The molecule has 6 nitrogen and oxygen atoms in total. The molecule has 1 aromatic carbocycles. The molecule has 168 valence electrons. The van der Waals surface area contributed by atoms with Gasteiger partial charge in [-0.3, -0.25) is 9.89 Å². The molecule has 0 amide bonds. The Hall–Kier alpha value is -2.31. The van der Waals surface area contributed by atoms with Crippen LogP contribution in [-0.2, 0) is 17.7 Å². The second-order valence-electron chi connectivity index (χ2n) is 8.75. The van der Waals surface area contributed by atoms with Crippen LogP contribution in [0.4, 0.5) is 0 Å². The zero-order valence-corrected chi connectivity index (χ0v) is 18.6. The molecule has 3 atom stereocenters. The SMILES string of the molecule is CC1CC(NC(=NCC2CCCO2)NCCc2ccco2)CCN1Cc1ccccc1. The van der Waals surface area contributed by atoms with Crippen LogP contribution in [0.25, 0.3) is 0 Å². The van der Waals surface area contributed by atoms with Gasteiger partial charge in [-0.25, -0.2) is 0 Å². The number of nitrogens with one attached hydrogen (secondary N) is 2. The average Bonchev–Trinajstić information content (AvgIpc) is 3.49. The topological polar surface area (TPSA) is 62.0 Å². The number of benzene rings is 1. The lowest BCUT2D eigenvalue weighted by atomic mass is 9.97. The van der Waals surface area contributed by atoms with Crippen molar-refractivity contribution in [1.82, 2.24) is 15.5 Å². The molecule has 4 rings (SSSR count). The van der Waals surface area contributed by atoms with Gasteiger partial charge in [0, 0.05) is 44.7 Å². The van der Waals surface area contributed by atoms with Crippen molar-refractivity contribution < 1.29 is 9.15 Å². The first-order valence-electron chi connectivity index (χ1n) is 11.7. The number of likely N-dealkylation sites (tertiary alicyclic amines) is 1. The van der Waals surface area contributed by atoms with E-state index < -0.39 is 0 Å². The van der Waals surface area contributed by atoms with E-state index in [1.807, 2.05) is 12.1 Å². The van der Waals surface area contributed by atoms with Gasteiger partial charge >= 0.3 is 0 Å². The standard InChI is InChI=1S/C25H36N4O2/c1-20-17-22(12-14-29(20)19-21-7-3-2-4-8-21)28-25(27-18-24-10-6-16-31-24)26-13-11-23-9-5-15-30-23/h2-5,7-9,15,20,22,24H,6,10-14,16-19H2,1H3,(H2,26,27,28). The maximum Gasteiger partial charge on any atom is 0.191 e. The normalized spacial score (nSPS) is 24.9. The van der Waals surface area contributed by atoms with E-state index in [1.54, 1.807) is 6.26 Å². The van der Waals surface area contributed by atoms with Crippen LogP contribution in [0.1, 0.15) is 43.9 Å². The number of nitrogens with zero attached hydrogens (tertiary/aromatic N) is 2. The first kappa shape index (κ1) is 21.9. The molecular formula is C25H36N4O2. The molecule has 6 heteroatoms. The lowest BCUT2D eigenvalue weighted by Crippen LogP contribution is -2.51. The third-order valence-corrected chi connectivity index (χ3v) is 6.30. The molecule has 0 aliphatic carbocycles. The maximum atomic E-state index is 5.76. The maximum absolute atomic E-state index is 5.76. The number of guanidine groups is 1. The predicted octanol–water partition coefficient (Wildman–Crippen LogP) is 3.59. The fourth-order valence-electron chi connectivity index (χ4n) is 4.49. The van der Waals surface area contributed by atoms with Crippen molar-refractivity contribution in [1.29, 1.82) is 0 Å². The van der Waals surface area contributed by atoms with Crippen molar-refractivity contribution >= 4 is 5.96 Å². The molecule has 3 heterocycles. The van der Waals surface area contributed by atoms with Gasteiger partial charge in [-0.05, 0) is 50.3 Å². The van der Waals surface area contributed by atoms with E-state index >= 15 is 0 Å². The van der Waals surface area contributed by atoms with Crippen LogP contribution in [0, 0.1) is 0 Å². The summed E-state index contributed by atoms with van der Waals surface area (Å²) < 4.78 is 11.2. The highest BCUT2D eigenvalue weighted by Gasteiger charge is 2.26. The Balaban J connectivity index is 1.29. The van der Waals surface area contributed by atoms with Gasteiger partial charge in [0.1, 0.15) is 5.76 Å². The highest BCUT2D eigenvalue weighted by Crippen LogP contribution is 2.20. The van der Waals surface area contributed by atoms with Crippen molar-refractivity contribution in [3.63, 3.8) is 0 Å². The van der Waals surface area contributed by atoms with Crippen LogP contribution in [0.5, 0.6) is 0 Å². The molecule has 2 fully saturated rings. The van der Waals surface area contributed by atoms with E-state index in [0.29, 0.717) is 12.1 Å². The first-order chi connectivity index (χ1) is 15.3. The van der Waals surface area contributed by atoms with E-state index in [4.69, 9.17) is 14.1 Å². The average molecular weight is 425 g/mol. The highest BCUT2D eigenvalue weighted by molar-refractivity contribution is 5.80. The summed E-state index contributed by atoms with van der Waals surface area (Å²) in [6, 6.07) is 15.7. The predicted molar refractivity (Wildman–Crippen MR) is 124 cm³/mol. The number of aliphatic imine (C=N–C) groups is 1. The van der Waals surface area contributed by atoms with Gasteiger partial charge in [-0.1, -0.05) is 30.3 Å². The number of ether oxygens (including phenoxy) is 1. The highest BCUT2D eigenvalue weighted by atomic mass is 16.5. The van der Waals surface area contributed by atoms with Crippen molar-refractivity contribution in [3.8, 4) is 0 Å². The van der Waals surface area contributed by atoms with Gasteiger partial charge in [0.15, 0.2) is 5.96 Å². The lowest BCUT2D eigenvalue weighted by Gasteiger charge is -2.38. The smallest absolute Gasteiger partial charge is 0.191 e. The summed E-state index contributed by atoms with van der Waals surface area (Å²) in [5.41, 5.74) is 1.39. The fraction of sp³-hybridized carbons (Fsp3) is 0.560. The van der Waals surface area contributed by atoms with Crippen LogP contribution in [0.3, 0.4) is 0 Å². The van der Waals surface area contributed by atoms with Crippen molar-refractivity contribution in [2.24, 2.45) is 4.99 Å². The van der Waals surface area contributed by atoms with Gasteiger partial charge in [-0.2, -0.15) is 0 Å². The molecule has 0 radical (unpaired) electrons. The van der Waals surface area contributed by atoms with Gasteiger partial charge in [0.05, 0.1) is 18.9 Å². The molecule has 0 bridgehead atoms. The van der Waals surface area contributed by atoms with Gasteiger partial charge < -0.3 is 19.8 Å². The number of furan rings is 1. The Kier molecular flexibility index (Phi) is 8.02. The van der Waals surface area contributed by atoms with Crippen molar-refractivity contribution in [3.05, 3.63) is 60.1 Å². The minimum atomic E-state index is 0.260. The molecule has 2 saturated heterocycles. The van der Waals surface area contributed by atoms with Gasteiger partial charge in [-0.15, -0.1) is 0 Å². The minimum Gasteiger partial charge on any atom is -0.469 e. The van der Waals surface area contributed by atoms with Gasteiger partial charge in [0.2, 0.25) is 0 Å². The Morgan fingerprint density at radius 2 is 2.06 bits per heavy atom. The van der Waals surface area contributed by atoms with Crippen LogP contribution < -0.4 is 10.6 Å². The molecule has 31 heavy (non-hydrogen) atoms. The zero-order valence-electron chi connectivity index (χ0n) is 18.6. The third kappa shape index (κ3) is 6.84. The number of piperidine rings is 1. The van der Waals surface area contributed by atoms with Crippen molar-refractivity contribution in [2.75, 3.05) is 26.2 Å². The van der Waals surface area contributed by atoms with E-state index in [0.717, 1.165) is 76.6 Å². The number of hydrogen-bond acceptors (Lipinski definition) is 4. The Morgan fingerprint density at radius 3 is 2.81 bits per heavy atom. The largest absolute Gasteiger partial charge is 0.469 e. The molecule has 2 aliphatic heterocycles. The number of rotatable bonds is 8. The van der Waals surface area contributed by atoms with E-state index in [-0.39, 0.29) is 6.10 Å². The molecule has 2 aromatic rings. The van der Waals surface area contributed by atoms with Crippen molar-refractivity contribution in [2.45, 2.75) is 63.8 Å². The molecule has 2 N–H and O–H groups in total. The Labute approximate surface area is 186 Å². The summed E-state index contributed by atoms with van der Waals surface area (Å²) in [5, 5.41) is 7.21. The molecule has 3 unspecified atom stereocenters. The van der Waals surface area contributed by atoms with E-state index in [2.05, 4.69) is 52.8 Å². The summed E-state index contributed by atoms with van der Waals surface area (Å²) >= 11 is 0. The molecule has 1 aromatic heterocycles. The number of hydrogen-bond donors (Lipinski definition) is 2. The summed E-state index contributed by atoms with van der Waals surface area (Å²) in [7, 11) is 0. The van der Waals surface area contributed by atoms with Crippen LogP contribution >= 0.6 is 0 Å². The molecule has 0 spiro atoms. The summed E-state index contributed by atoms with van der Waals surface area (Å²) in [4.78, 5) is 7.44. The Morgan fingerprint density at radius 1 is 1.16 bits per heavy atom. The lowest BCUT2D eigenvalue weighted by molar-refractivity contribution is 0.117. The Bertz CT molecular complexity index is 787. The molecule has 0 saturated carbocycles. The molecular weight excluding hydrogens is 388 g/mol. The van der Waals surface area contributed by atoms with Crippen LogP contribution in [0.15, 0.2) is 58.1 Å². The quantitative estimate of drug-likeness (QED) is 0.501. The van der Waals surface area contributed by atoms with E-state index in [9.17, 15) is 0 Å². The minimum absolute atomic E-state index is 0.260. The van der Waals surface area contributed by atoms with Crippen LogP contribution in [-0.4, -0.2) is 55.3 Å². The van der Waals surface area contributed by atoms with Gasteiger partial charge in [0.25, 0.3) is 0 Å². The summed E-state index contributed by atoms with van der Waals surface area (Å²) in [5.74, 6) is 1.89. The second-order valence-corrected chi connectivity index (χ2v) is 8.75. The summed E-state index contributed by atoms with van der Waals surface area (Å²) in [6.45, 7) is 6.84. The van der Waals surface area contributed by atoms with E-state index in [1.165, 1.54) is 5.56 Å². The third-order valence-electron chi connectivity index (χ3n) is 6.30. The molecule has 2 aliphatic rings. The second kappa shape index (κ2) is 11.3. The van der Waals surface area contributed by atoms with Crippen LogP contribution in [0.2, 0.25) is 0 Å².